The van der Waals surface area contributed by atoms with E-state index in [9.17, 15) is 8.42 Å². The van der Waals surface area contributed by atoms with E-state index in [1.807, 2.05) is 6.92 Å². The molecule has 1 heterocycles. The van der Waals surface area contributed by atoms with Crippen LogP contribution in [0.1, 0.15) is 19.8 Å². The summed E-state index contributed by atoms with van der Waals surface area (Å²) in [7, 11) is -0.807. The SMILES string of the molecule is COc1cccc(OC)c1S(=O)(=O)NC1CCNC(C)C1. The summed E-state index contributed by atoms with van der Waals surface area (Å²) in [5.41, 5.74) is 0. The Hall–Kier alpha value is -1.31. The van der Waals surface area contributed by atoms with Gasteiger partial charge in [0.15, 0.2) is 4.90 Å². The van der Waals surface area contributed by atoms with Crippen molar-refractivity contribution in [3.05, 3.63) is 18.2 Å². The molecule has 2 N–H and O–H groups in total. The average molecular weight is 314 g/mol. The van der Waals surface area contributed by atoms with Gasteiger partial charge in [-0.2, -0.15) is 0 Å². The maximum Gasteiger partial charge on any atom is 0.248 e. The summed E-state index contributed by atoms with van der Waals surface area (Å²) in [5, 5.41) is 3.30. The van der Waals surface area contributed by atoms with Crippen LogP contribution >= 0.6 is 0 Å². The number of piperidine rings is 1. The number of sulfonamides is 1. The lowest BCUT2D eigenvalue weighted by Crippen LogP contribution is -2.46. The highest BCUT2D eigenvalue weighted by molar-refractivity contribution is 7.89. The largest absolute Gasteiger partial charge is 0.495 e. The molecule has 0 amide bonds. The molecule has 1 aliphatic rings. The normalized spacial score (nSPS) is 22.8. The molecule has 0 aliphatic carbocycles. The summed E-state index contributed by atoms with van der Waals surface area (Å²) in [5.74, 6) is 0.563. The van der Waals surface area contributed by atoms with E-state index in [2.05, 4.69) is 10.0 Å². The maximum absolute atomic E-state index is 12.7. The van der Waals surface area contributed by atoms with E-state index in [0.717, 1.165) is 19.4 Å². The average Bonchev–Trinajstić information content (AvgIpc) is 2.45. The Balaban J connectivity index is 2.31. The number of rotatable bonds is 5. The van der Waals surface area contributed by atoms with Crippen LogP contribution in [0, 0.1) is 0 Å². The van der Waals surface area contributed by atoms with Crippen molar-refractivity contribution in [1.82, 2.24) is 10.0 Å². The van der Waals surface area contributed by atoms with Crippen LogP contribution < -0.4 is 19.5 Å². The molecular weight excluding hydrogens is 292 g/mol. The highest BCUT2D eigenvalue weighted by Gasteiger charge is 2.29. The van der Waals surface area contributed by atoms with Gasteiger partial charge in [0.2, 0.25) is 10.0 Å². The molecule has 7 heteroatoms. The molecule has 2 rings (SSSR count). The van der Waals surface area contributed by atoms with Crippen LogP contribution in [-0.2, 0) is 10.0 Å². The first-order valence-electron chi connectivity index (χ1n) is 6.94. The Labute approximate surface area is 125 Å². The van der Waals surface area contributed by atoms with Crippen LogP contribution in [0.2, 0.25) is 0 Å². The third-order valence-electron chi connectivity index (χ3n) is 3.60. The summed E-state index contributed by atoms with van der Waals surface area (Å²) in [4.78, 5) is 0.0567. The minimum atomic E-state index is -3.70. The van der Waals surface area contributed by atoms with Crippen molar-refractivity contribution < 1.29 is 17.9 Å². The lowest BCUT2D eigenvalue weighted by molar-refractivity contribution is 0.356. The van der Waals surface area contributed by atoms with Gasteiger partial charge in [0.1, 0.15) is 11.5 Å². The molecule has 1 aromatic carbocycles. The van der Waals surface area contributed by atoms with Crippen molar-refractivity contribution in [3.63, 3.8) is 0 Å². The smallest absolute Gasteiger partial charge is 0.248 e. The van der Waals surface area contributed by atoms with Crippen molar-refractivity contribution in [2.75, 3.05) is 20.8 Å². The fourth-order valence-corrected chi connectivity index (χ4v) is 4.20. The molecule has 0 saturated carbocycles. The predicted molar refractivity (Wildman–Crippen MR) is 80.4 cm³/mol. The maximum atomic E-state index is 12.7. The molecule has 118 valence electrons. The molecule has 1 aromatic rings. The van der Waals surface area contributed by atoms with E-state index >= 15 is 0 Å². The molecule has 1 aliphatic heterocycles. The molecule has 21 heavy (non-hydrogen) atoms. The summed E-state index contributed by atoms with van der Waals surface area (Å²) in [6.45, 7) is 2.85. The Morgan fingerprint density at radius 2 is 1.86 bits per heavy atom. The van der Waals surface area contributed by atoms with Gasteiger partial charge in [-0.25, -0.2) is 13.1 Å². The Bertz CT molecular complexity index is 566. The van der Waals surface area contributed by atoms with Crippen molar-refractivity contribution in [3.8, 4) is 11.5 Å². The van der Waals surface area contributed by atoms with Crippen LogP contribution in [-0.4, -0.2) is 41.3 Å². The second-order valence-corrected chi connectivity index (χ2v) is 6.84. The number of benzene rings is 1. The zero-order chi connectivity index (χ0) is 15.5. The molecule has 6 nitrogen and oxygen atoms in total. The summed E-state index contributed by atoms with van der Waals surface area (Å²) in [6, 6.07) is 5.14. The first-order chi connectivity index (χ1) is 9.97. The van der Waals surface area contributed by atoms with E-state index in [4.69, 9.17) is 9.47 Å². The van der Waals surface area contributed by atoms with Crippen molar-refractivity contribution in [1.29, 1.82) is 0 Å². The second-order valence-electron chi connectivity index (χ2n) is 5.19. The summed E-state index contributed by atoms with van der Waals surface area (Å²) < 4.78 is 38.5. The first kappa shape index (κ1) is 16.1. The van der Waals surface area contributed by atoms with Gasteiger partial charge < -0.3 is 14.8 Å². The van der Waals surface area contributed by atoms with E-state index in [-0.39, 0.29) is 22.4 Å². The van der Waals surface area contributed by atoms with Crippen molar-refractivity contribution >= 4 is 10.0 Å². The van der Waals surface area contributed by atoms with Crippen LogP contribution in [0.5, 0.6) is 11.5 Å². The van der Waals surface area contributed by atoms with E-state index in [1.165, 1.54) is 14.2 Å². The molecule has 1 fully saturated rings. The molecule has 1 saturated heterocycles. The molecular formula is C14H22N2O4S. The Kier molecular flexibility index (Phi) is 5.08. The number of methoxy groups -OCH3 is 2. The van der Waals surface area contributed by atoms with Gasteiger partial charge in [-0.1, -0.05) is 6.07 Å². The molecule has 0 bridgehead atoms. The minimum Gasteiger partial charge on any atom is -0.495 e. The minimum absolute atomic E-state index is 0.0567. The zero-order valence-corrected chi connectivity index (χ0v) is 13.4. The number of hydrogen-bond acceptors (Lipinski definition) is 5. The topological polar surface area (TPSA) is 76.7 Å². The standard InChI is InChI=1S/C14H22N2O4S/c1-10-9-11(7-8-15-10)16-21(17,18)14-12(19-2)5-4-6-13(14)20-3/h4-6,10-11,15-16H,7-9H2,1-3H3. The van der Waals surface area contributed by atoms with E-state index in [0.29, 0.717) is 6.04 Å². The fourth-order valence-electron chi connectivity index (χ4n) is 2.60. The number of hydrogen-bond donors (Lipinski definition) is 2. The molecule has 0 spiro atoms. The van der Waals surface area contributed by atoms with E-state index in [1.54, 1.807) is 18.2 Å². The lowest BCUT2D eigenvalue weighted by atomic mass is 10.0. The number of ether oxygens (including phenoxy) is 2. The monoisotopic (exact) mass is 314 g/mol. The van der Waals surface area contributed by atoms with Gasteiger partial charge >= 0.3 is 0 Å². The Morgan fingerprint density at radius 1 is 1.24 bits per heavy atom. The molecule has 2 atom stereocenters. The van der Waals surface area contributed by atoms with Gasteiger partial charge in [-0.15, -0.1) is 0 Å². The molecule has 2 unspecified atom stereocenters. The van der Waals surface area contributed by atoms with Crippen LogP contribution in [0.4, 0.5) is 0 Å². The van der Waals surface area contributed by atoms with Crippen LogP contribution in [0.15, 0.2) is 23.1 Å². The Morgan fingerprint density at radius 3 is 2.38 bits per heavy atom. The van der Waals surface area contributed by atoms with Crippen LogP contribution in [0.3, 0.4) is 0 Å². The van der Waals surface area contributed by atoms with Gasteiger partial charge in [0.25, 0.3) is 0 Å². The van der Waals surface area contributed by atoms with Crippen molar-refractivity contribution in [2.45, 2.75) is 36.7 Å². The second kappa shape index (κ2) is 6.64. The third-order valence-corrected chi connectivity index (χ3v) is 5.18. The first-order valence-corrected chi connectivity index (χ1v) is 8.43. The van der Waals surface area contributed by atoms with Gasteiger partial charge in [0, 0.05) is 12.1 Å². The van der Waals surface area contributed by atoms with Gasteiger partial charge in [-0.05, 0) is 38.4 Å². The molecule has 0 aromatic heterocycles. The van der Waals surface area contributed by atoms with Crippen LogP contribution in [0.25, 0.3) is 0 Å². The fraction of sp³-hybridized carbons (Fsp3) is 0.571. The molecule has 0 radical (unpaired) electrons. The quantitative estimate of drug-likeness (QED) is 0.852. The van der Waals surface area contributed by atoms with Gasteiger partial charge in [0.05, 0.1) is 14.2 Å². The highest BCUT2D eigenvalue weighted by Crippen LogP contribution is 2.33. The number of nitrogens with one attached hydrogen (secondary N) is 2. The third kappa shape index (κ3) is 3.66. The van der Waals surface area contributed by atoms with Gasteiger partial charge in [-0.3, -0.25) is 0 Å². The summed E-state index contributed by atoms with van der Waals surface area (Å²) >= 11 is 0. The predicted octanol–water partition coefficient (Wildman–Crippen LogP) is 1.12. The summed E-state index contributed by atoms with van der Waals surface area (Å²) in [6.07, 6.45) is 1.53. The van der Waals surface area contributed by atoms with Crippen molar-refractivity contribution in [2.24, 2.45) is 0 Å². The lowest BCUT2D eigenvalue weighted by Gasteiger charge is -2.28. The highest BCUT2D eigenvalue weighted by atomic mass is 32.2. The van der Waals surface area contributed by atoms with E-state index < -0.39 is 10.0 Å². The zero-order valence-electron chi connectivity index (χ0n) is 12.5.